The molecule has 140 valence electrons. The molecule has 2 N–H and O–H groups in total. The van der Waals surface area contributed by atoms with E-state index in [9.17, 15) is 24.8 Å². The third kappa shape index (κ3) is 7.05. The van der Waals surface area contributed by atoms with E-state index >= 15 is 0 Å². The van der Waals surface area contributed by atoms with Crippen molar-refractivity contribution < 1.29 is 24.4 Å². The lowest BCUT2D eigenvalue weighted by Crippen LogP contribution is -2.13. The van der Waals surface area contributed by atoms with Crippen molar-refractivity contribution in [2.24, 2.45) is 0 Å². The molecule has 0 bridgehead atoms. The van der Waals surface area contributed by atoms with E-state index < -0.39 is 10.8 Å². The molecule has 26 heavy (non-hydrogen) atoms. The molecule has 1 amide bonds. The summed E-state index contributed by atoms with van der Waals surface area (Å²) in [5.41, 5.74) is -0.467. The van der Waals surface area contributed by atoms with Crippen molar-refractivity contribution in [3.05, 3.63) is 57.8 Å². The van der Waals surface area contributed by atoms with Crippen LogP contribution >= 0.6 is 0 Å². The Bertz CT molecular complexity index is 749. The molecule has 2 rings (SSSR count). The fourth-order valence-corrected chi connectivity index (χ4v) is 1.61. The van der Waals surface area contributed by atoms with Gasteiger partial charge in [0.15, 0.2) is 11.6 Å². The zero-order valence-electron chi connectivity index (χ0n) is 14.9. The molecule has 0 saturated carbocycles. The molecule has 0 atom stereocenters. The number of nitrogens with one attached hydrogen (secondary N) is 1. The average Bonchev–Trinajstić information content (AvgIpc) is 2.65. The Balaban J connectivity index is 0.00000113. The highest BCUT2D eigenvalue weighted by Crippen LogP contribution is 2.21. The number of pyridine rings is 1. The minimum atomic E-state index is -0.726. The highest BCUT2D eigenvalue weighted by molar-refractivity contribution is 6.05. The second-order valence-electron chi connectivity index (χ2n) is 4.42. The minimum Gasteiger partial charge on any atom is -0.504 e. The van der Waals surface area contributed by atoms with E-state index in [1.807, 2.05) is 13.8 Å². The summed E-state index contributed by atoms with van der Waals surface area (Å²) < 4.78 is 4.25. The topological polar surface area (TPSA) is 132 Å². The normalized spacial score (nSPS) is 8.92. The van der Waals surface area contributed by atoms with Gasteiger partial charge in [0.2, 0.25) is 0 Å². The number of aldehydes is 1. The van der Waals surface area contributed by atoms with Gasteiger partial charge in [-0.1, -0.05) is 13.8 Å². The highest BCUT2D eigenvalue weighted by atomic mass is 16.6. The van der Waals surface area contributed by atoms with Crippen LogP contribution in [0.5, 0.6) is 5.75 Å². The fraction of sp³-hybridized carbons (Fsp3) is 0.235. The molecule has 0 aliphatic heterocycles. The largest absolute Gasteiger partial charge is 0.504 e. The number of aromatic nitrogens is 1. The van der Waals surface area contributed by atoms with Gasteiger partial charge in [0.25, 0.3) is 11.6 Å². The molecule has 0 radical (unpaired) electrons. The highest BCUT2D eigenvalue weighted by Gasteiger charge is 2.16. The SMILES string of the molecule is CC.COC.O=Cc1cc(C(=O)Nc2ncccc2O)cc([N+](=O)[O-])c1. The monoisotopic (exact) mass is 363 g/mol. The molecule has 0 spiro atoms. The van der Waals surface area contributed by atoms with Gasteiger partial charge in [-0.25, -0.2) is 4.98 Å². The minimum absolute atomic E-state index is 0.000377. The molecular weight excluding hydrogens is 342 g/mol. The van der Waals surface area contributed by atoms with E-state index in [0.717, 1.165) is 12.1 Å². The number of carbonyl (C=O) groups excluding carboxylic acids is 2. The molecule has 0 saturated heterocycles. The quantitative estimate of drug-likeness (QED) is 0.485. The lowest BCUT2D eigenvalue weighted by Gasteiger charge is -2.06. The van der Waals surface area contributed by atoms with Gasteiger partial charge in [-0.05, 0) is 18.2 Å². The molecule has 1 aromatic heterocycles. The first-order chi connectivity index (χ1) is 12.4. The number of benzene rings is 1. The van der Waals surface area contributed by atoms with Crippen molar-refractivity contribution in [1.82, 2.24) is 4.98 Å². The average molecular weight is 363 g/mol. The zero-order chi connectivity index (χ0) is 20.1. The molecule has 0 unspecified atom stereocenters. The Morgan fingerprint density at radius 2 is 1.92 bits per heavy atom. The summed E-state index contributed by atoms with van der Waals surface area (Å²) in [5.74, 6) is -1.05. The molecule has 2 aromatic rings. The Labute approximate surface area is 150 Å². The van der Waals surface area contributed by atoms with Crippen LogP contribution in [-0.2, 0) is 4.74 Å². The summed E-state index contributed by atoms with van der Waals surface area (Å²) >= 11 is 0. The lowest BCUT2D eigenvalue weighted by molar-refractivity contribution is -0.384. The van der Waals surface area contributed by atoms with Crippen LogP contribution in [-0.4, -0.2) is 41.4 Å². The van der Waals surface area contributed by atoms with Gasteiger partial charge in [-0.3, -0.25) is 19.7 Å². The second-order valence-corrected chi connectivity index (χ2v) is 4.42. The van der Waals surface area contributed by atoms with Crippen LogP contribution in [0.2, 0.25) is 0 Å². The van der Waals surface area contributed by atoms with Crippen molar-refractivity contribution in [3.63, 3.8) is 0 Å². The van der Waals surface area contributed by atoms with E-state index in [-0.39, 0.29) is 28.4 Å². The molecule has 1 heterocycles. The molecule has 1 aromatic carbocycles. The van der Waals surface area contributed by atoms with Gasteiger partial charge in [-0.2, -0.15) is 0 Å². The van der Waals surface area contributed by atoms with Gasteiger partial charge < -0.3 is 15.2 Å². The molecule has 9 heteroatoms. The molecule has 0 aliphatic rings. The third-order valence-corrected chi connectivity index (χ3v) is 2.57. The number of nitro groups is 1. The van der Waals surface area contributed by atoms with Crippen molar-refractivity contribution in [3.8, 4) is 5.75 Å². The number of non-ortho nitro benzene ring substituents is 1. The van der Waals surface area contributed by atoms with E-state index in [2.05, 4.69) is 15.0 Å². The number of methoxy groups -OCH3 is 1. The Morgan fingerprint density at radius 1 is 1.31 bits per heavy atom. The van der Waals surface area contributed by atoms with E-state index in [1.165, 1.54) is 24.4 Å². The number of carbonyl (C=O) groups is 2. The number of amides is 1. The lowest BCUT2D eigenvalue weighted by atomic mass is 10.1. The smallest absolute Gasteiger partial charge is 0.270 e. The van der Waals surface area contributed by atoms with Gasteiger partial charge in [0, 0.05) is 43.7 Å². The number of hydrogen-bond acceptors (Lipinski definition) is 7. The van der Waals surface area contributed by atoms with Crippen LogP contribution in [0, 0.1) is 10.1 Å². The van der Waals surface area contributed by atoms with Gasteiger partial charge in [0.1, 0.15) is 6.29 Å². The number of nitro benzene ring substituents is 1. The Morgan fingerprint density at radius 3 is 2.42 bits per heavy atom. The maximum Gasteiger partial charge on any atom is 0.270 e. The summed E-state index contributed by atoms with van der Waals surface area (Å²) in [6.07, 6.45) is 1.77. The maximum absolute atomic E-state index is 12.0. The number of anilines is 1. The second kappa shape index (κ2) is 12.1. The van der Waals surface area contributed by atoms with Crippen LogP contribution in [0.25, 0.3) is 0 Å². The first kappa shape index (κ1) is 22.7. The van der Waals surface area contributed by atoms with Gasteiger partial charge in [0.05, 0.1) is 4.92 Å². The first-order valence-electron chi connectivity index (χ1n) is 7.53. The van der Waals surface area contributed by atoms with Crippen molar-refractivity contribution >= 4 is 23.7 Å². The summed E-state index contributed by atoms with van der Waals surface area (Å²) in [5, 5.41) is 22.6. The molecule has 9 nitrogen and oxygen atoms in total. The van der Waals surface area contributed by atoms with Crippen LogP contribution in [0.15, 0.2) is 36.5 Å². The van der Waals surface area contributed by atoms with Crippen molar-refractivity contribution in [1.29, 1.82) is 0 Å². The van der Waals surface area contributed by atoms with E-state index in [0.29, 0.717) is 6.29 Å². The summed E-state index contributed by atoms with van der Waals surface area (Å²) in [6, 6.07) is 6.09. The first-order valence-corrected chi connectivity index (χ1v) is 7.53. The van der Waals surface area contributed by atoms with Crippen LogP contribution in [0.4, 0.5) is 11.5 Å². The number of rotatable bonds is 4. The number of hydrogen-bond donors (Lipinski definition) is 2. The van der Waals surface area contributed by atoms with E-state index in [1.54, 1.807) is 14.2 Å². The van der Waals surface area contributed by atoms with Crippen LogP contribution in [0.3, 0.4) is 0 Å². The molecule has 0 aliphatic carbocycles. The van der Waals surface area contributed by atoms with Crippen molar-refractivity contribution in [2.75, 3.05) is 19.5 Å². The number of nitrogens with zero attached hydrogens (tertiary/aromatic N) is 2. The summed E-state index contributed by atoms with van der Waals surface area (Å²) in [7, 11) is 3.25. The van der Waals surface area contributed by atoms with Crippen LogP contribution in [0.1, 0.15) is 34.6 Å². The molecule has 0 fully saturated rings. The summed E-state index contributed by atoms with van der Waals surface area (Å²) in [6.45, 7) is 4.00. The zero-order valence-corrected chi connectivity index (χ0v) is 14.9. The maximum atomic E-state index is 12.0. The van der Waals surface area contributed by atoms with E-state index in [4.69, 9.17) is 0 Å². The Kier molecular flexibility index (Phi) is 10.5. The Hall–Kier alpha value is -3.33. The standard InChI is InChI=1S/C13H9N3O5.C2H6O.C2H6/c17-7-8-4-9(6-10(5-8)16(20)21)13(19)15-12-11(18)2-1-3-14-12;1-3-2;1-2/h1-7,18H,(H,14,15,19);1-2H3;1-2H3. The van der Waals surface area contributed by atoms with Gasteiger partial charge >= 0.3 is 0 Å². The third-order valence-electron chi connectivity index (χ3n) is 2.57. The number of aromatic hydroxyl groups is 1. The van der Waals surface area contributed by atoms with Crippen molar-refractivity contribution in [2.45, 2.75) is 13.8 Å². The predicted octanol–water partition coefficient (Wildman–Crippen LogP) is 3.05. The fourth-order valence-electron chi connectivity index (χ4n) is 1.61. The van der Waals surface area contributed by atoms with Gasteiger partial charge in [-0.15, -0.1) is 0 Å². The summed E-state index contributed by atoms with van der Waals surface area (Å²) in [4.78, 5) is 36.6. The predicted molar refractivity (Wildman–Crippen MR) is 96.6 cm³/mol. The number of ether oxygens (including phenoxy) is 1. The molecular formula is C17H21N3O6. The van der Waals surface area contributed by atoms with Crippen LogP contribution < -0.4 is 5.32 Å².